The molecule has 0 spiro atoms. The number of unbranched alkanes of at least 4 members (excludes halogenated alkanes) is 1. The van der Waals surface area contributed by atoms with Gasteiger partial charge in [-0.25, -0.2) is 4.79 Å². The summed E-state index contributed by atoms with van der Waals surface area (Å²) in [4.78, 5) is 35.2. The molecule has 3 amide bonds. The van der Waals surface area contributed by atoms with Crippen LogP contribution in [0.1, 0.15) is 40.0 Å². The van der Waals surface area contributed by atoms with E-state index in [0.717, 1.165) is 12.8 Å². The third-order valence-electron chi connectivity index (χ3n) is 2.67. The lowest BCUT2D eigenvalue weighted by Crippen LogP contribution is -2.53. The van der Waals surface area contributed by atoms with Crippen LogP contribution in [0.5, 0.6) is 0 Å². The molecule has 0 saturated heterocycles. The van der Waals surface area contributed by atoms with E-state index in [1.807, 2.05) is 6.92 Å². The highest BCUT2D eigenvalue weighted by atomic mass is 16.4. The van der Waals surface area contributed by atoms with Crippen LogP contribution in [0.4, 0.5) is 4.79 Å². The standard InChI is InChI=1S/C12H23N3O4/c1-4-5-6-9(14-12(13)19)11(18)15(8(2)3)7-10(16)17/h8-9H,4-7H2,1-3H3,(H,16,17)(H3,13,14,19). The highest BCUT2D eigenvalue weighted by Gasteiger charge is 2.27. The quantitative estimate of drug-likeness (QED) is 0.598. The van der Waals surface area contributed by atoms with Gasteiger partial charge >= 0.3 is 12.0 Å². The number of carbonyl (C=O) groups excluding carboxylic acids is 2. The Hall–Kier alpha value is -1.79. The minimum absolute atomic E-state index is 0.262. The summed E-state index contributed by atoms with van der Waals surface area (Å²) < 4.78 is 0. The highest BCUT2D eigenvalue weighted by molar-refractivity contribution is 5.88. The number of hydrogen-bond acceptors (Lipinski definition) is 3. The van der Waals surface area contributed by atoms with Crippen molar-refractivity contribution >= 4 is 17.9 Å². The van der Waals surface area contributed by atoms with E-state index in [1.165, 1.54) is 4.90 Å². The van der Waals surface area contributed by atoms with E-state index in [4.69, 9.17) is 10.8 Å². The van der Waals surface area contributed by atoms with E-state index < -0.39 is 23.9 Å². The highest BCUT2D eigenvalue weighted by Crippen LogP contribution is 2.08. The number of primary amides is 1. The molecule has 0 rings (SSSR count). The molecule has 0 radical (unpaired) electrons. The molecule has 0 aromatic heterocycles. The molecule has 0 aliphatic heterocycles. The summed E-state index contributed by atoms with van der Waals surface area (Å²) in [6.45, 7) is 5.02. The molecule has 0 heterocycles. The third-order valence-corrected chi connectivity index (χ3v) is 2.67. The lowest BCUT2D eigenvalue weighted by molar-refractivity contribution is -0.146. The molecule has 0 aliphatic rings. The first-order chi connectivity index (χ1) is 8.79. The van der Waals surface area contributed by atoms with Crippen molar-refractivity contribution in [3.63, 3.8) is 0 Å². The number of nitrogens with zero attached hydrogens (tertiary/aromatic N) is 1. The predicted octanol–water partition coefficient (Wildman–Crippen LogP) is 0.535. The number of urea groups is 1. The largest absolute Gasteiger partial charge is 0.480 e. The van der Waals surface area contributed by atoms with E-state index in [2.05, 4.69) is 5.32 Å². The Labute approximate surface area is 113 Å². The summed E-state index contributed by atoms with van der Waals surface area (Å²) in [6.07, 6.45) is 2.06. The van der Waals surface area contributed by atoms with Gasteiger partial charge in [-0.3, -0.25) is 9.59 Å². The molecule has 0 fully saturated rings. The number of rotatable bonds is 8. The maximum absolute atomic E-state index is 12.3. The normalized spacial score (nSPS) is 12.0. The Morgan fingerprint density at radius 1 is 1.32 bits per heavy atom. The molecule has 7 heteroatoms. The zero-order valence-corrected chi connectivity index (χ0v) is 11.7. The van der Waals surface area contributed by atoms with Crippen LogP contribution >= 0.6 is 0 Å². The minimum atomic E-state index is -1.09. The lowest BCUT2D eigenvalue weighted by Gasteiger charge is -2.29. The average Bonchev–Trinajstić information content (AvgIpc) is 2.29. The molecule has 4 N–H and O–H groups in total. The Morgan fingerprint density at radius 3 is 2.26 bits per heavy atom. The second kappa shape index (κ2) is 8.34. The maximum atomic E-state index is 12.3. The van der Waals surface area contributed by atoms with Crippen molar-refractivity contribution in [3.05, 3.63) is 0 Å². The molecule has 7 nitrogen and oxygen atoms in total. The van der Waals surface area contributed by atoms with Crippen LogP contribution in [0.3, 0.4) is 0 Å². The van der Waals surface area contributed by atoms with Crippen molar-refractivity contribution in [3.8, 4) is 0 Å². The molecule has 0 aromatic carbocycles. The maximum Gasteiger partial charge on any atom is 0.323 e. The number of carboxylic acid groups (broad SMARTS) is 1. The fourth-order valence-electron chi connectivity index (χ4n) is 1.70. The van der Waals surface area contributed by atoms with Gasteiger partial charge in [-0.1, -0.05) is 19.8 Å². The van der Waals surface area contributed by atoms with Crippen molar-refractivity contribution in [1.82, 2.24) is 10.2 Å². The number of aliphatic carboxylic acids is 1. The van der Waals surface area contributed by atoms with Gasteiger partial charge in [0.05, 0.1) is 0 Å². The number of nitrogens with one attached hydrogen (secondary N) is 1. The molecule has 110 valence electrons. The van der Waals surface area contributed by atoms with E-state index >= 15 is 0 Å². The summed E-state index contributed by atoms with van der Waals surface area (Å²) >= 11 is 0. The van der Waals surface area contributed by atoms with Crippen molar-refractivity contribution in [2.24, 2.45) is 5.73 Å². The van der Waals surface area contributed by atoms with E-state index in [0.29, 0.717) is 6.42 Å². The topological polar surface area (TPSA) is 113 Å². The molecule has 0 saturated carbocycles. The summed E-state index contributed by atoms with van der Waals surface area (Å²) in [5, 5.41) is 11.2. The van der Waals surface area contributed by atoms with Crippen molar-refractivity contribution < 1.29 is 19.5 Å². The zero-order valence-electron chi connectivity index (χ0n) is 11.7. The first kappa shape index (κ1) is 17.2. The van der Waals surface area contributed by atoms with Gasteiger partial charge in [0.2, 0.25) is 5.91 Å². The zero-order chi connectivity index (χ0) is 15.0. The van der Waals surface area contributed by atoms with Crippen LogP contribution in [0.2, 0.25) is 0 Å². The molecule has 0 aromatic rings. The smallest absolute Gasteiger partial charge is 0.323 e. The average molecular weight is 273 g/mol. The van der Waals surface area contributed by atoms with Gasteiger partial charge in [0.25, 0.3) is 0 Å². The first-order valence-corrected chi connectivity index (χ1v) is 6.37. The number of nitrogens with two attached hydrogens (primary N) is 1. The van der Waals surface area contributed by atoms with Gasteiger partial charge in [0, 0.05) is 6.04 Å². The van der Waals surface area contributed by atoms with Gasteiger partial charge in [0.15, 0.2) is 0 Å². The van der Waals surface area contributed by atoms with Crippen LogP contribution < -0.4 is 11.1 Å². The molecule has 19 heavy (non-hydrogen) atoms. The second-order valence-electron chi connectivity index (χ2n) is 4.66. The molecule has 0 bridgehead atoms. The summed E-state index contributed by atoms with van der Waals surface area (Å²) in [6, 6.07) is -1.81. The third kappa shape index (κ3) is 6.64. The van der Waals surface area contributed by atoms with Crippen LogP contribution in [0, 0.1) is 0 Å². The SMILES string of the molecule is CCCCC(NC(N)=O)C(=O)N(CC(=O)O)C(C)C. The Morgan fingerprint density at radius 2 is 1.89 bits per heavy atom. The van der Waals surface area contributed by atoms with Gasteiger partial charge < -0.3 is 21.1 Å². The molecular weight excluding hydrogens is 250 g/mol. The Balaban J connectivity index is 4.88. The molecule has 1 atom stereocenters. The molecule has 1 unspecified atom stereocenters. The van der Waals surface area contributed by atoms with Crippen LogP contribution in [-0.2, 0) is 9.59 Å². The van der Waals surface area contributed by atoms with Gasteiger partial charge in [0.1, 0.15) is 12.6 Å². The Kier molecular flexibility index (Phi) is 7.55. The van der Waals surface area contributed by atoms with Crippen LogP contribution in [0.25, 0.3) is 0 Å². The van der Waals surface area contributed by atoms with Gasteiger partial charge in [-0.15, -0.1) is 0 Å². The number of amides is 3. The van der Waals surface area contributed by atoms with E-state index in [-0.39, 0.29) is 12.6 Å². The van der Waals surface area contributed by atoms with Crippen LogP contribution in [-0.4, -0.2) is 46.5 Å². The van der Waals surface area contributed by atoms with Crippen LogP contribution in [0.15, 0.2) is 0 Å². The Bertz CT molecular complexity index is 331. The first-order valence-electron chi connectivity index (χ1n) is 6.37. The van der Waals surface area contributed by atoms with Gasteiger partial charge in [-0.05, 0) is 20.3 Å². The predicted molar refractivity (Wildman–Crippen MR) is 70.5 cm³/mol. The van der Waals surface area contributed by atoms with Crippen molar-refractivity contribution in [2.75, 3.05) is 6.54 Å². The minimum Gasteiger partial charge on any atom is -0.480 e. The number of carboxylic acids is 1. The fourth-order valence-corrected chi connectivity index (χ4v) is 1.70. The summed E-state index contributed by atoms with van der Waals surface area (Å²) in [5.41, 5.74) is 5.04. The number of carbonyl (C=O) groups is 3. The van der Waals surface area contributed by atoms with E-state index in [9.17, 15) is 14.4 Å². The molecule has 0 aliphatic carbocycles. The monoisotopic (exact) mass is 273 g/mol. The lowest BCUT2D eigenvalue weighted by atomic mass is 10.1. The van der Waals surface area contributed by atoms with Crippen molar-refractivity contribution in [1.29, 1.82) is 0 Å². The second-order valence-corrected chi connectivity index (χ2v) is 4.66. The summed E-state index contributed by atoms with van der Waals surface area (Å²) in [7, 11) is 0. The van der Waals surface area contributed by atoms with E-state index in [1.54, 1.807) is 13.8 Å². The molecular formula is C12H23N3O4. The number of hydrogen-bond donors (Lipinski definition) is 3. The van der Waals surface area contributed by atoms with Crippen molar-refractivity contribution in [2.45, 2.75) is 52.1 Å². The summed E-state index contributed by atoms with van der Waals surface area (Å²) in [5.74, 6) is -1.50. The van der Waals surface area contributed by atoms with Gasteiger partial charge in [-0.2, -0.15) is 0 Å². The fraction of sp³-hybridized carbons (Fsp3) is 0.750.